The van der Waals surface area contributed by atoms with Gasteiger partial charge in [0.15, 0.2) is 0 Å². The number of carboxylic acids is 1. The highest BCUT2D eigenvalue weighted by Crippen LogP contribution is 2.36. The highest BCUT2D eigenvalue weighted by Gasteiger charge is 2.17. The van der Waals surface area contributed by atoms with Crippen molar-refractivity contribution >= 4 is 43.3 Å². The molecule has 3 nitrogen and oxygen atoms in total. The average Bonchev–Trinajstić information content (AvgIpc) is 2.52. The lowest BCUT2D eigenvalue weighted by atomic mass is 10.1. The molecule has 0 spiro atoms. The molecule has 0 saturated carbocycles. The van der Waals surface area contributed by atoms with Gasteiger partial charge in [-0.15, -0.1) is 11.3 Å². The Morgan fingerprint density at radius 2 is 2.21 bits per heavy atom. The van der Waals surface area contributed by atoms with Crippen LogP contribution in [-0.4, -0.2) is 16.2 Å². The van der Waals surface area contributed by atoms with Crippen LogP contribution in [0.2, 0.25) is 0 Å². The number of aromatic hydroxyl groups is 1. The van der Waals surface area contributed by atoms with Gasteiger partial charge in [0.25, 0.3) is 0 Å². The van der Waals surface area contributed by atoms with E-state index in [2.05, 4.69) is 15.9 Å². The van der Waals surface area contributed by atoms with Gasteiger partial charge in [-0.1, -0.05) is 0 Å². The van der Waals surface area contributed by atoms with Crippen LogP contribution in [0.25, 0.3) is 10.1 Å². The molecule has 0 aliphatic rings. The first-order chi connectivity index (χ1) is 6.61. The van der Waals surface area contributed by atoms with Gasteiger partial charge in [0, 0.05) is 10.1 Å². The van der Waals surface area contributed by atoms with E-state index in [4.69, 9.17) is 5.11 Å². The van der Waals surface area contributed by atoms with Gasteiger partial charge < -0.3 is 10.2 Å². The quantitative estimate of drug-likeness (QED) is 0.839. The topological polar surface area (TPSA) is 57.5 Å². The maximum absolute atomic E-state index is 10.9. The summed E-state index contributed by atoms with van der Waals surface area (Å²) in [6, 6.07) is 3.40. The Morgan fingerprint density at radius 3 is 2.86 bits per heavy atom. The molecular weight excluding hydrogens is 268 g/mol. The molecule has 5 heteroatoms. The largest absolute Gasteiger partial charge is 0.506 e. The lowest BCUT2D eigenvalue weighted by molar-refractivity contribution is 0.0696. The minimum Gasteiger partial charge on any atom is -0.506 e. The van der Waals surface area contributed by atoms with Crippen molar-refractivity contribution in [2.24, 2.45) is 0 Å². The van der Waals surface area contributed by atoms with Crippen molar-refractivity contribution in [3.8, 4) is 5.75 Å². The zero-order chi connectivity index (χ0) is 10.3. The SMILES string of the molecule is O=C(O)c1c(O)c(Br)cc2sccc12. The second kappa shape index (κ2) is 3.25. The van der Waals surface area contributed by atoms with Crippen molar-refractivity contribution in [2.75, 3.05) is 0 Å². The van der Waals surface area contributed by atoms with E-state index in [1.54, 1.807) is 17.5 Å². The van der Waals surface area contributed by atoms with E-state index in [1.165, 1.54) is 11.3 Å². The van der Waals surface area contributed by atoms with Crippen molar-refractivity contribution in [1.82, 2.24) is 0 Å². The highest BCUT2D eigenvalue weighted by atomic mass is 79.9. The van der Waals surface area contributed by atoms with Crippen molar-refractivity contribution in [3.63, 3.8) is 0 Å². The molecule has 0 atom stereocenters. The van der Waals surface area contributed by atoms with E-state index in [0.29, 0.717) is 9.86 Å². The van der Waals surface area contributed by atoms with Gasteiger partial charge in [0.05, 0.1) is 4.47 Å². The second-order valence-corrected chi connectivity index (χ2v) is 4.52. The van der Waals surface area contributed by atoms with Gasteiger partial charge in [-0.05, 0) is 33.4 Å². The van der Waals surface area contributed by atoms with E-state index in [0.717, 1.165) is 4.70 Å². The van der Waals surface area contributed by atoms with Gasteiger partial charge in [-0.2, -0.15) is 0 Å². The monoisotopic (exact) mass is 272 g/mol. The summed E-state index contributed by atoms with van der Waals surface area (Å²) in [5, 5.41) is 20.9. The van der Waals surface area contributed by atoms with E-state index < -0.39 is 5.97 Å². The summed E-state index contributed by atoms with van der Waals surface area (Å²) < 4.78 is 1.25. The Morgan fingerprint density at radius 1 is 1.50 bits per heavy atom. The van der Waals surface area contributed by atoms with Crippen LogP contribution in [0.4, 0.5) is 0 Å². The number of carboxylic acid groups (broad SMARTS) is 1. The Labute approximate surface area is 91.7 Å². The zero-order valence-corrected chi connectivity index (χ0v) is 9.22. The number of halogens is 1. The van der Waals surface area contributed by atoms with Gasteiger partial charge in [0.2, 0.25) is 0 Å². The minimum absolute atomic E-state index is 0.0457. The molecule has 0 radical (unpaired) electrons. The smallest absolute Gasteiger partial charge is 0.340 e. The summed E-state index contributed by atoms with van der Waals surface area (Å²) in [4.78, 5) is 10.9. The highest BCUT2D eigenvalue weighted by molar-refractivity contribution is 9.10. The maximum atomic E-state index is 10.9. The Hall–Kier alpha value is -1.07. The Balaban J connectivity index is 2.93. The fourth-order valence-corrected chi connectivity index (χ4v) is 2.70. The summed E-state index contributed by atoms with van der Waals surface area (Å²) in [5.74, 6) is -1.34. The van der Waals surface area contributed by atoms with Crippen LogP contribution in [0.1, 0.15) is 10.4 Å². The van der Waals surface area contributed by atoms with Gasteiger partial charge in [0.1, 0.15) is 11.3 Å². The van der Waals surface area contributed by atoms with Crippen LogP contribution < -0.4 is 0 Å². The molecule has 14 heavy (non-hydrogen) atoms. The molecule has 0 fully saturated rings. The molecule has 0 saturated heterocycles. The third kappa shape index (κ3) is 1.29. The predicted molar refractivity (Wildman–Crippen MR) is 58.1 cm³/mol. The van der Waals surface area contributed by atoms with Gasteiger partial charge in [-0.3, -0.25) is 0 Å². The fourth-order valence-electron chi connectivity index (χ4n) is 1.29. The summed E-state index contributed by atoms with van der Waals surface area (Å²) in [6.07, 6.45) is 0. The molecule has 1 aromatic carbocycles. The molecular formula is C9H5BrO3S. The molecule has 2 N–H and O–H groups in total. The molecule has 72 valence electrons. The molecule has 0 unspecified atom stereocenters. The van der Waals surface area contributed by atoms with Crippen LogP contribution in [0.15, 0.2) is 22.0 Å². The van der Waals surface area contributed by atoms with Crippen LogP contribution in [0.3, 0.4) is 0 Å². The molecule has 2 aromatic rings. The van der Waals surface area contributed by atoms with Crippen molar-refractivity contribution < 1.29 is 15.0 Å². The standard InChI is InChI=1S/C9H5BrO3S/c10-5-3-6-4(1-2-14-6)7(8(5)11)9(12)13/h1-3,11H,(H,12,13). The lowest BCUT2D eigenvalue weighted by Crippen LogP contribution is -1.97. The number of benzene rings is 1. The number of aromatic carboxylic acids is 1. The minimum atomic E-state index is -1.12. The van der Waals surface area contributed by atoms with E-state index in [1.807, 2.05) is 0 Å². The Bertz CT molecular complexity index is 518. The Kier molecular flexibility index (Phi) is 2.20. The van der Waals surface area contributed by atoms with Gasteiger partial charge >= 0.3 is 5.97 Å². The number of carbonyl (C=O) groups is 1. The average molecular weight is 273 g/mol. The molecule has 0 bridgehead atoms. The maximum Gasteiger partial charge on any atom is 0.340 e. The van der Waals surface area contributed by atoms with E-state index >= 15 is 0 Å². The zero-order valence-electron chi connectivity index (χ0n) is 6.82. The fraction of sp³-hybridized carbons (Fsp3) is 0. The molecule has 0 aliphatic heterocycles. The summed E-state index contributed by atoms with van der Waals surface area (Å²) in [7, 11) is 0. The summed E-state index contributed by atoms with van der Waals surface area (Å²) in [6.45, 7) is 0. The number of phenols is 1. The molecule has 1 aromatic heterocycles. The molecule has 0 amide bonds. The number of thiophene rings is 1. The van der Waals surface area contributed by atoms with Crippen molar-refractivity contribution in [1.29, 1.82) is 0 Å². The van der Waals surface area contributed by atoms with E-state index in [-0.39, 0.29) is 11.3 Å². The first kappa shape index (κ1) is 9.48. The second-order valence-electron chi connectivity index (χ2n) is 2.72. The summed E-state index contributed by atoms with van der Waals surface area (Å²) >= 11 is 4.55. The van der Waals surface area contributed by atoms with Crippen LogP contribution >= 0.6 is 27.3 Å². The van der Waals surface area contributed by atoms with Crippen molar-refractivity contribution in [2.45, 2.75) is 0 Å². The molecule has 0 aliphatic carbocycles. The number of fused-ring (bicyclic) bond motifs is 1. The third-order valence-electron chi connectivity index (χ3n) is 1.90. The van der Waals surface area contributed by atoms with Crippen LogP contribution in [0, 0.1) is 0 Å². The van der Waals surface area contributed by atoms with Crippen molar-refractivity contribution in [3.05, 3.63) is 27.5 Å². The van der Waals surface area contributed by atoms with Crippen LogP contribution in [0.5, 0.6) is 5.75 Å². The summed E-state index contributed by atoms with van der Waals surface area (Å²) in [5.41, 5.74) is -0.0457. The molecule has 1 heterocycles. The van der Waals surface area contributed by atoms with Crippen LogP contribution in [-0.2, 0) is 0 Å². The number of rotatable bonds is 1. The predicted octanol–water partition coefficient (Wildman–Crippen LogP) is 3.07. The first-order valence-corrected chi connectivity index (χ1v) is 5.40. The van der Waals surface area contributed by atoms with Gasteiger partial charge in [-0.25, -0.2) is 4.79 Å². The lowest BCUT2D eigenvalue weighted by Gasteiger charge is -2.03. The number of hydrogen-bond donors (Lipinski definition) is 2. The third-order valence-corrected chi connectivity index (χ3v) is 3.37. The first-order valence-electron chi connectivity index (χ1n) is 3.73. The molecule has 2 rings (SSSR count). The number of hydrogen-bond acceptors (Lipinski definition) is 3. The van der Waals surface area contributed by atoms with E-state index in [9.17, 15) is 9.90 Å². The normalized spacial score (nSPS) is 10.6.